The standard InChI is InChI=1S/C10H10FN3S/c1-7-6-15-10(14-7)5-13-9-2-8(11)3-12-4-9/h2-4,6,13H,5H2,1H3. The highest BCUT2D eigenvalue weighted by molar-refractivity contribution is 7.09. The van der Waals surface area contributed by atoms with Gasteiger partial charge in [0.05, 0.1) is 24.6 Å². The molecule has 0 bridgehead atoms. The highest BCUT2D eigenvalue weighted by atomic mass is 32.1. The van der Waals surface area contributed by atoms with Gasteiger partial charge in [0.25, 0.3) is 0 Å². The topological polar surface area (TPSA) is 37.8 Å². The first-order chi connectivity index (χ1) is 7.24. The van der Waals surface area contributed by atoms with E-state index in [1.807, 2.05) is 12.3 Å². The smallest absolute Gasteiger partial charge is 0.143 e. The molecule has 0 saturated heterocycles. The van der Waals surface area contributed by atoms with Crippen molar-refractivity contribution < 1.29 is 4.39 Å². The number of nitrogens with one attached hydrogen (secondary N) is 1. The van der Waals surface area contributed by atoms with Crippen LogP contribution in [0, 0.1) is 12.7 Å². The monoisotopic (exact) mass is 223 g/mol. The van der Waals surface area contributed by atoms with E-state index in [1.165, 1.54) is 12.3 Å². The molecule has 0 fully saturated rings. The Hall–Kier alpha value is -1.49. The van der Waals surface area contributed by atoms with Gasteiger partial charge in [-0.15, -0.1) is 11.3 Å². The molecule has 2 aromatic rings. The molecule has 0 unspecified atom stereocenters. The van der Waals surface area contributed by atoms with Crippen molar-refractivity contribution in [3.63, 3.8) is 0 Å². The van der Waals surface area contributed by atoms with Gasteiger partial charge in [-0.3, -0.25) is 4.98 Å². The van der Waals surface area contributed by atoms with E-state index in [1.54, 1.807) is 17.5 Å². The van der Waals surface area contributed by atoms with Crippen LogP contribution in [0.4, 0.5) is 10.1 Å². The molecule has 5 heteroatoms. The summed E-state index contributed by atoms with van der Waals surface area (Å²) in [6, 6.07) is 1.41. The summed E-state index contributed by atoms with van der Waals surface area (Å²) in [5, 5.41) is 6.03. The van der Waals surface area contributed by atoms with Gasteiger partial charge < -0.3 is 5.32 Å². The van der Waals surface area contributed by atoms with Crippen LogP contribution in [-0.4, -0.2) is 9.97 Å². The van der Waals surface area contributed by atoms with Gasteiger partial charge in [-0.25, -0.2) is 9.37 Å². The quantitative estimate of drug-likeness (QED) is 0.869. The molecule has 78 valence electrons. The number of aromatic nitrogens is 2. The minimum absolute atomic E-state index is 0.338. The van der Waals surface area contributed by atoms with Crippen LogP contribution in [0.2, 0.25) is 0 Å². The summed E-state index contributed by atoms with van der Waals surface area (Å²) < 4.78 is 12.8. The number of pyridine rings is 1. The number of halogens is 1. The second kappa shape index (κ2) is 4.35. The number of rotatable bonds is 3. The lowest BCUT2D eigenvalue weighted by atomic mass is 10.4. The van der Waals surface area contributed by atoms with Crippen molar-refractivity contribution >= 4 is 17.0 Å². The molecule has 0 spiro atoms. The van der Waals surface area contributed by atoms with Crippen LogP contribution in [-0.2, 0) is 6.54 Å². The van der Waals surface area contributed by atoms with E-state index in [0.717, 1.165) is 10.7 Å². The fourth-order valence-corrected chi connectivity index (χ4v) is 1.88. The Balaban J connectivity index is 1.99. The van der Waals surface area contributed by atoms with Crippen molar-refractivity contribution in [2.45, 2.75) is 13.5 Å². The Labute approximate surface area is 91.0 Å². The maximum Gasteiger partial charge on any atom is 0.143 e. The summed E-state index contributed by atoms with van der Waals surface area (Å²) >= 11 is 1.59. The van der Waals surface area contributed by atoms with Crippen LogP contribution in [0.25, 0.3) is 0 Å². The average molecular weight is 223 g/mol. The summed E-state index contributed by atoms with van der Waals surface area (Å²) in [6.45, 7) is 2.55. The number of hydrogen-bond donors (Lipinski definition) is 1. The molecule has 2 heterocycles. The van der Waals surface area contributed by atoms with Gasteiger partial charge >= 0.3 is 0 Å². The van der Waals surface area contributed by atoms with Gasteiger partial charge in [-0.05, 0) is 6.92 Å². The van der Waals surface area contributed by atoms with Gasteiger partial charge in [0, 0.05) is 17.1 Å². The average Bonchev–Trinajstić information content (AvgIpc) is 2.62. The highest BCUT2D eigenvalue weighted by Gasteiger charge is 1.99. The first-order valence-corrected chi connectivity index (χ1v) is 5.37. The van der Waals surface area contributed by atoms with E-state index in [-0.39, 0.29) is 5.82 Å². The maximum absolute atomic E-state index is 12.8. The fraction of sp³-hybridized carbons (Fsp3) is 0.200. The van der Waals surface area contributed by atoms with Gasteiger partial charge in [0.1, 0.15) is 10.8 Å². The SMILES string of the molecule is Cc1csc(CNc2cncc(F)c2)n1. The Morgan fingerprint density at radius 2 is 2.33 bits per heavy atom. The molecule has 0 aromatic carbocycles. The van der Waals surface area contributed by atoms with Gasteiger partial charge in [-0.1, -0.05) is 0 Å². The Morgan fingerprint density at radius 1 is 1.47 bits per heavy atom. The van der Waals surface area contributed by atoms with Crippen LogP contribution in [0.1, 0.15) is 10.7 Å². The molecule has 1 N–H and O–H groups in total. The van der Waals surface area contributed by atoms with Crippen molar-refractivity contribution in [3.05, 3.63) is 40.4 Å². The van der Waals surface area contributed by atoms with Gasteiger partial charge in [0.2, 0.25) is 0 Å². The number of hydrogen-bond acceptors (Lipinski definition) is 4. The third-order valence-corrected chi connectivity index (χ3v) is 2.78. The zero-order chi connectivity index (χ0) is 10.7. The third kappa shape index (κ3) is 2.73. The minimum atomic E-state index is -0.338. The molecule has 0 aliphatic carbocycles. The molecular weight excluding hydrogens is 213 g/mol. The lowest BCUT2D eigenvalue weighted by Gasteiger charge is -2.02. The first kappa shape index (κ1) is 10.0. The Morgan fingerprint density at radius 3 is 3.00 bits per heavy atom. The Bertz CT molecular complexity index is 455. The summed E-state index contributed by atoms with van der Waals surface area (Å²) in [5.74, 6) is -0.338. The van der Waals surface area contributed by atoms with Crippen LogP contribution in [0.3, 0.4) is 0 Å². The van der Waals surface area contributed by atoms with Crippen molar-refractivity contribution in [3.8, 4) is 0 Å². The van der Waals surface area contributed by atoms with Crippen LogP contribution >= 0.6 is 11.3 Å². The maximum atomic E-state index is 12.8. The first-order valence-electron chi connectivity index (χ1n) is 4.49. The van der Waals surface area contributed by atoms with E-state index < -0.39 is 0 Å². The number of aryl methyl sites for hydroxylation is 1. The van der Waals surface area contributed by atoms with Crippen LogP contribution in [0.15, 0.2) is 23.8 Å². The normalized spacial score (nSPS) is 10.3. The molecule has 15 heavy (non-hydrogen) atoms. The van der Waals surface area contributed by atoms with Crippen LogP contribution in [0.5, 0.6) is 0 Å². The predicted molar refractivity (Wildman–Crippen MR) is 58.4 cm³/mol. The van der Waals surface area contributed by atoms with Crippen molar-refractivity contribution in [2.75, 3.05) is 5.32 Å². The summed E-state index contributed by atoms with van der Waals surface area (Å²) in [7, 11) is 0. The van der Waals surface area contributed by atoms with Crippen LogP contribution < -0.4 is 5.32 Å². The van der Waals surface area contributed by atoms with Crippen molar-refractivity contribution in [1.29, 1.82) is 0 Å². The third-order valence-electron chi connectivity index (χ3n) is 1.82. The second-order valence-electron chi connectivity index (χ2n) is 3.13. The summed E-state index contributed by atoms with van der Waals surface area (Å²) in [6.07, 6.45) is 2.77. The Kier molecular flexibility index (Phi) is 2.91. The number of thiazole rings is 1. The van der Waals surface area contributed by atoms with E-state index in [0.29, 0.717) is 12.2 Å². The molecule has 3 nitrogen and oxygen atoms in total. The predicted octanol–water partition coefficient (Wildman–Crippen LogP) is 2.60. The molecular formula is C10H10FN3S. The molecule has 2 rings (SSSR count). The molecule has 0 radical (unpaired) electrons. The number of nitrogens with zero attached hydrogens (tertiary/aromatic N) is 2. The zero-order valence-electron chi connectivity index (χ0n) is 8.20. The second-order valence-corrected chi connectivity index (χ2v) is 4.07. The van der Waals surface area contributed by atoms with Gasteiger partial charge in [-0.2, -0.15) is 0 Å². The van der Waals surface area contributed by atoms with Crippen molar-refractivity contribution in [2.24, 2.45) is 0 Å². The van der Waals surface area contributed by atoms with E-state index in [4.69, 9.17) is 0 Å². The fourth-order valence-electron chi connectivity index (χ4n) is 1.17. The molecule has 0 amide bonds. The van der Waals surface area contributed by atoms with E-state index in [2.05, 4.69) is 15.3 Å². The summed E-state index contributed by atoms with van der Waals surface area (Å²) in [5.41, 5.74) is 1.68. The lowest BCUT2D eigenvalue weighted by Crippen LogP contribution is -1.99. The lowest BCUT2D eigenvalue weighted by molar-refractivity contribution is 0.622. The molecule has 2 aromatic heterocycles. The highest BCUT2D eigenvalue weighted by Crippen LogP contribution is 2.12. The molecule has 0 atom stereocenters. The largest absolute Gasteiger partial charge is 0.377 e. The molecule has 0 aliphatic rings. The summed E-state index contributed by atoms with van der Waals surface area (Å²) in [4.78, 5) is 8.04. The van der Waals surface area contributed by atoms with Gasteiger partial charge in [0.15, 0.2) is 0 Å². The number of anilines is 1. The van der Waals surface area contributed by atoms with E-state index >= 15 is 0 Å². The van der Waals surface area contributed by atoms with E-state index in [9.17, 15) is 4.39 Å². The van der Waals surface area contributed by atoms with Crippen molar-refractivity contribution in [1.82, 2.24) is 9.97 Å². The minimum Gasteiger partial charge on any atom is -0.377 e. The zero-order valence-corrected chi connectivity index (χ0v) is 9.01. The molecule has 0 aliphatic heterocycles. The molecule has 0 saturated carbocycles.